The minimum Gasteiger partial charge on any atom is -0.300 e. The average Bonchev–Trinajstić information content (AvgIpc) is 3.18. The molecule has 7 rings (SSSR count). The monoisotopic (exact) mass is 408 g/mol. The highest BCUT2D eigenvalue weighted by molar-refractivity contribution is 7.88. The number of hydrogen-bond acceptors (Lipinski definition) is 3. The predicted octanol–water partition coefficient (Wildman–Crippen LogP) is 3.25. The van der Waals surface area contributed by atoms with Gasteiger partial charge in [-0.1, -0.05) is 48.5 Å². The summed E-state index contributed by atoms with van der Waals surface area (Å²) >= 11 is 0. The topological polar surface area (TPSA) is 40.6 Å². The fraction of sp³-hybridized carbons (Fsp3) is 0.500. The Kier molecular flexibility index (Phi) is 4.00. The molecule has 2 aromatic rings. The van der Waals surface area contributed by atoms with E-state index in [0.717, 1.165) is 25.9 Å². The van der Waals surface area contributed by atoms with Gasteiger partial charge in [-0.05, 0) is 46.9 Å². The Morgan fingerprint density at radius 3 is 1.55 bits per heavy atom. The van der Waals surface area contributed by atoms with Gasteiger partial charge < -0.3 is 0 Å². The number of likely N-dealkylation sites (tertiary alicyclic amines) is 1. The number of piperidine rings is 1. The lowest BCUT2D eigenvalue weighted by Crippen LogP contribution is -2.45. The second-order valence-electron chi connectivity index (χ2n) is 9.39. The summed E-state index contributed by atoms with van der Waals surface area (Å²) in [5, 5.41) is 0. The summed E-state index contributed by atoms with van der Waals surface area (Å²) in [5.74, 6) is 2.38. The average molecular weight is 409 g/mol. The lowest BCUT2D eigenvalue weighted by Gasteiger charge is -2.48. The maximum absolute atomic E-state index is 11.9. The van der Waals surface area contributed by atoms with Crippen molar-refractivity contribution in [2.75, 3.05) is 32.4 Å². The molecule has 0 radical (unpaired) electrons. The third-order valence-corrected chi connectivity index (χ3v) is 9.34. The molecule has 2 bridgehead atoms. The minimum absolute atomic E-state index is 0.513. The summed E-state index contributed by atoms with van der Waals surface area (Å²) in [6.07, 6.45) is 3.26. The van der Waals surface area contributed by atoms with E-state index in [9.17, 15) is 8.42 Å². The maximum atomic E-state index is 11.9. The molecule has 0 amide bonds. The maximum Gasteiger partial charge on any atom is 0.211 e. The molecule has 3 aliphatic carbocycles. The quantitative estimate of drug-likeness (QED) is 0.766. The molecular formula is C24H28N2O2S. The standard InChI is InChI=1S/C24H28N2O2S/c1-29(27,28)26-12-10-16(11-13-26)25-14-21-22(15-25)24-18-7-3-2-6-17(18)23(21)19-8-4-5-9-20(19)24/h2-9,16,21-24H,10-15H2,1H3. The summed E-state index contributed by atoms with van der Waals surface area (Å²) in [4.78, 5) is 2.70. The highest BCUT2D eigenvalue weighted by Gasteiger charge is 2.53. The van der Waals surface area contributed by atoms with Gasteiger partial charge in [0.25, 0.3) is 0 Å². The molecule has 152 valence electrons. The van der Waals surface area contributed by atoms with E-state index >= 15 is 0 Å². The smallest absolute Gasteiger partial charge is 0.211 e. The lowest BCUT2D eigenvalue weighted by atomic mass is 9.55. The van der Waals surface area contributed by atoms with Crippen LogP contribution in [0.15, 0.2) is 48.5 Å². The summed E-state index contributed by atoms with van der Waals surface area (Å²) < 4.78 is 25.4. The van der Waals surface area contributed by atoms with E-state index in [4.69, 9.17) is 0 Å². The van der Waals surface area contributed by atoms with Crippen LogP contribution in [0.1, 0.15) is 46.9 Å². The van der Waals surface area contributed by atoms with Crippen molar-refractivity contribution in [1.82, 2.24) is 9.21 Å². The number of rotatable bonds is 2. The second kappa shape index (κ2) is 6.40. The van der Waals surface area contributed by atoms with Crippen LogP contribution < -0.4 is 0 Å². The van der Waals surface area contributed by atoms with E-state index in [-0.39, 0.29) is 0 Å². The fourth-order valence-corrected chi connectivity index (χ4v) is 7.72. The van der Waals surface area contributed by atoms with E-state index in [1.54, 1.807) is 26.6 Å². The van der Waals surface area contributed by atoms with E-state index in [0.29, 0.717) is 42.8 Å². The Morgan fingerprint density at radius 1 is 0.759 bits per heavy atom. The first-order valence-electron chi connectivity index (χ1n) is 10.9. The Hall–Kier alpha value is -1.69. The van der Waals surface area contributed by atoms with E-state index in [2.05, 4.69) is 53.4 Å². The zero-order valence-corrected chi connectivity index (χ0v) is 17.7. The molecule has 0 spiro atoms. The molecular weight excluding hydrogens is 380 g/mol. The summed E-state index contributed by atoms with van der Waals surface area (Å²) in [6, 6.07) is 18.7. The first kappa shape index (κ1) is 18.1. The van der Waals surface area contributed by atoms with Crippen molar-refractivity contribution in [3.8, 4) is 0 Å². The van der Waals surface area contributed by atoms with Gasteiger partial charge >= 0.3 is 0 Å². The minimum atomic E-state index is -3.06. The third-order valence-electron chi connectivity index (χ3n) is 8.04. The van der Waals surface area contributed by atoms with E-state index in [1.807, 2.05) is 0 Å². The van der Waals surface area contributed by atoms with Crippen LogP contribution in [0.5, 0.6) is 0 Å². The van der Waals surface area contributed by atoms with Crippen molar-refractivity contribution in [3.63, 3.8) is 0 Å². The normalized spacial score (nSPS) is 32.0. The van der Waals surface area contributed by atoms with Crippen LogP contribution in [-0.2, 0) is 10.0 Å². The number of nitrogens with zero attached hydrogens (tertiary/aromatic N) is 2. The van der Waals surface area contributed by atoms with Crippen LogP contribution >= 0.6 is 0 Å². The molecule has 2 aliphatic heterocycles. The lowest BCUT2D eigenvalue weighted by molar-refractivity contribution is 0.160. The van der Waals surface area contributed by atoms with Crippen LogP contribution in [-0.4, -0.2) is 56.1 Å². The molecule has 2 heterocycles. The third kappa shape index (κ3) is 2.67. The van der Waals surface area contributed by atoms with Gasteiger partial charge in [0, 0.05) is 44.1 Å². The zero-order valence-electron chi connectivity index (χ0n) is 16.9. The van der Waals surface area contributed by atoms with Gasteiger partial charge in [0.15, 0.2) is 0 Å². The van der Waals surface area contributed by atoms with Gasteiger partial charge in [0.05, 0.1) is 6.26 Å². The number of hydrogen-bond donors (Lipinski definition) is 0. The van der Waals surface area contributed by atoms with Gasteiger partial charge in [0.1, 0.15) is 0 Å². The summed E-state index contributed by atoms with van der Waals surface area (Å²) in [7, 11) is -3.06. The van der Waals surface area contributed by atoms with Crippen molar-refractivity contribution in [1.29, 1.82) is 0 Å². The molecule has 4 nitrogen and oxygen atoms in total. The van der Waals surface area contributed by atoms with E-state index < -0.39 is 10.0 Å². The van der Waals surface area contributed by atoms with Crippen molar-refractivity contribution in [3.05, 3.63) is 70.8 Å². The van der Waals surface area contributed by atoms with Crippen LogP contribution in [0.3, 0.4) is 0 Å². The zero-order chi connectivity index (χ0) is 19.8. The van der Waals surface area contributed by atoms with Gasteiger partial charge in [-0.25, -0.2) is 12.7 Å². The molecule has 0 aromatic heterocycles. The summed E-state index contributed by atoms with van der Waals surface area (Å²) in [5.41, 5.74) is 6.19. The molecule has 5 heteroatoms. The Balaban J connectivity index is 1.30. The SMILES string of the molecule is CS(=O)(=O)N1CCC(N2CC3C4c5ccccc5C(c5ccccc54)C3C2)CC1. The van der Waals surface area contributed by atoms with Gasteiger partial charge in [-0.2, -0.15) is 0 Å². The van der Waals surface area contributed by atoms with Crippen LogP contribution in [0.2, 0.25) is 0 Å². The van der Waals surface area contributed by atoms with E-state index in [1.165, 1.54) is 6.26 Å². The predicted molar refractivity (Wildman–Crippen MR) is 115 cm³/mol. The Labute approximate surface area is 173 Å². The first-order chi connectivity index (χ1) is 14.0. The van der Waals surface area contributed by atoms with Crippen LogP contribution in [0.4, 0.5) is 0 Å². The molecule has 2 atom stereocenters. The number of benzene rings is 2. The first-order valence-corrected chi connectivity index (χ1v) is 12.7. The molecule has 0 N–H and O–H groups in total. The van der Waals surface area contributed by atoms with Crippen molar-refractivity contribution in [2.24, 2.45) is 11.8 Å². The van der Waals surface area contributed by atoms with Crippen molar-refractivity contribution >= 4 is 10.0 Å². The Morgan fingerprint density at radius 2 is 1.17 bits per heavy atom. The van der Waals surface area contributed by atoms with Crippen LogP contribution in [0, 0.1) is 11.8 Å². The van der Waals surface area contributed by atoms with Gasteiger partial charge in [-0.15, -0.1) is 0 Å². The van der Waals surface area contributed by atoms with Crippen molar-refractivity contribution in [2.45, 2.75) is 30.7 Å². The second-order valence-corrected chi connectivity index (χ2v) is 11.4. The molecule has 2 aromatic carbocycles. The summed E-state index contributed by atoms with van der Waals surface area (Å²) in [6.45, 7) is 3.64. The molecule has 2 unspecified atom stereocenters. The van der Waals surface area contributed by atoms with Crippen LogP contribution in [0.25, 0.3) is 0 Å². The molecule has 0 saturated carbocycles. The highest BCUT2D eigenvalue weighted by Crippen LogP contribution is 2.60. The number of sulfonamides is 1. The Bertz CT molecular complexity index is 953. The van der Waals surface area contributed by atoms with Gasteiger partial charge in [-0.3, -0.25) is 4.90 Å². The van der Waals surface area contributed by atoms with Crippen molar-refractivity contribution < 1.29 is 8.42 Å². The molecule has 2 fully saturated rings. The molecule has 5 aliphatic rings. The fourth-order valence-electron chi connectivity index (χ4n) is 6.84. The highest BCUT2D eigenvalue weighted by atomic mass is 32.2. The molecule has 2 saturated heterocycles. The largest absolute Gasteiger partial charge is 0.300 e. The van der Waals surface area contributed by atoms with Gasteiger partial charge in [0.2, 0.25) is 10.0 Å². The molecule has 29 heavy (non-hydrogen) atoms.